The van der Waals surface area contributed by atoms with Crippen molar-refractivity contribution in [1.82, 2.24) is 0 Å². The molecule has 0 radical (unpaired) electrons. The summed E-state index contributed by atoms with van der Waals surface area (Å²) in [5.74, 6) is 0.874. The van der Waals surface area contributed by atoms with E-state index < -0.39 is 0 Å². The molecule has 1 aromatic carbocycles. The molecule has 0 saturated carbocycles. The highest BCUT2D eigenvalue weighted by Crippen LogP contribution is 2.12. The van der Waals surface area contributed by atoms with Gasteiger partial charge >= 0.3 is 0 Å². The summed E-state index contributed by atoms with van der Waals surface area (Å²) in [6.45, 7) is 2.94. The summed E-state index contributed by atoms with van der Waals surface area (Å²) in [5, 5.41) is 0. The molecule has 0 aliphatic heterocycles. The van der Waals surface area contributed by atoms with Crippen molar-refractivity contribution in [3.05, 3.63) is 36.1 Å². The topological polar surface area (TPSA) is 18.5 Å². The Morgan fingerprint density at radius 2 is 1.93 bits per heavy atom. The lowest BCUT2D eigenvalue weighted by molar-refractivity contribution is 0.246. The van der Waals surface area contributed by atoms with Crippen LogP contribution in [0, 0.1) is 0 Å². The maximum absolute atomic E-state index is 5.32. The maximum Gasteiger partial charge on any atom is 0.118 e. The number of rotatable bonds is 6. The first-order valence-corrected chi connectivity index (χ1v) is 5.29. The first kappa shape index (κ1) is 11.6. The molecule has 0 saturated heterocycles. The molecule has 2 nitrogen and oxygen atoms in total. The van der Waals surface area contributed by atoms with Crippen LogP contribution in [-0.4, -0.2) is 13.7 Å². The number of methoxy groups -OCH3 is 1. The van der Waals surface area contributed by atoms with Crippen molar-refractivity contribution in [2.75, 3.05) is 13.7 Å². The molecular weight excluding hydrogens is 188 g/mol. The second-order valence-electron chi connectivity index (χ2n) is 3.30. The van der Waals surface area contributed by atoms with E-state index in [4.69, 9.17) is 9.47 Å². The number of hydrogen-bond donors (Lipinski definition) is 0. The molecule has 0 atom stereocenters. The van der Waals surface area contributed by atoms with Gasteiger partial charge in [0, 0.05) is 0 Å². The van der Waals surface area contributed by atoms with Gasteiger partial charge in [-0.15, -0.1) is 0 Å². The second-order valence-corrected chi connectivity index (χ2v) is 3.30. The van der Waals surface area contributed by atoms with Crippen LogP contribution in [0.15, 0.2) is 30.5 Å². The van der Waals surface area contributed by atoms with Crippen molar-refractivity contribution in [2.45, 2.75) is 19.8 Å². The van der Waals surface area contributed by atoms with E-state index in [0.717, 1.165) is 30.8 Å². The Hall–Kier alpha value is -1.44. The Morgan fingerprint density at radius 3 is 2.53 bits per heavy atom. The Balaban J connectivity index is 2.36. The molecule has 1 rings (SSSR count). The number of hydrogen-bond acceptors (Lipinski definition) is 2. The van der Waals surface area contributed by atoms with Gasteiger partial charge in [-0.1, -0.05) is 25.5 Å². The maximum atomic E-state index is 5.32. The average Bonchev–Trinajstić information content (AvgIpc) is 2.30. The van der Waals surface area contributed by atoms with Crippen molar-refractivity contribution in [3.8, 4) is 5.75 Å². The van der Waals surface area contributed by atoms with Crippen molar-refractivity contribution in [1.29, 1.82) is 0 Å². The van der Waals surface area contributed by atoms with Crippen LogP contribution in [0.2, 0.25) is 0 Å². The average molecular weight is 206 g/mol. The minimum Gasteiger partial charge on any atom is -0.501 e. The fraction of sp³-hybridized carbons (Fsp3) is 0.385. The largest absolute Gasteiger partial charge is 0.501 e. The zero-order valence-electron chi connectivity index (χ0n) is 9.40. The van der Waals surface area contributed by atoms with Crippen LogP contribution in [0.5, 0.6) is 5.75 Å². The third-order valence-electron chi connectivity index (χ3n) is 2.09. The van der Waals surface area contributed by atoms with E-state index in [9.17, 15) is 0 Å². The summed E-state index contributed by atoms with van der Waals surface area (Å²) >= 11 is 0. The summed E-state index contributed by atoms with van der Waals surface area (Å²) < 4.78 is 10.4. The molecule has 1 aromatic rings. The molecule has 0 unspecified atom stereocenters. The lowest BCUT2D eigenvalue weighted by Crippen LogP contribution is -1.85. The minimum absolute atomic E-state index is 0.795. The normalized spacial score (nSPS) is 10.5. The van der Waals surface area contributed by atoms with E-state index in [2.05, 4.69) is 6.92 Å². The SMILES string of the molecule is CCCCOC=Cc1ccc(OC)cc1. The number of benzene rings is 1. The van der Waals surface area contributed by atoms with Crippen molar-refractivity contribution >= 4 is 6.08 Å². The number of ether oxygens (including phenoxy) is 2. The van der Waals surface area contributed by atoms with Crippen molar-refractivity contribution < 1.29 is 9.47 Å². The van der Waals surface area contributed by atoms with Gasteiger partial charge in [-0.05, 0) is 30.2 Å². The predicted octanol–water partition coefficient (Wildman–Crippen LogP) is 3.48. The lowest BCUT2D eigenvalue weighted by atomic mass is 10.2. The summed E-state index contributed by atoms with van der Waals surface area (Å²) in [7, 11) is 1.67. The van der Waals surface area contributed by atoms with Gasteiger partial charge in [0.1, 0.15) is 5.75 Å². The molecule has 0 aliphatic carbocycles. The standard InChI is InChI=1S/C13H18O2/c1-3-4-10-15-11-9-12-5-7-13(14-2)8-6-12/h5-9,11H,3-4,10H2,1-2H3. The highest BCUT2D eigenvalue weighted by Gasteiger charge is 1.89. The molecule has 2 heteroatoms. The molecule has 0 aliphatic rings. The fourth-order valence-corrected chi connectivity index (χ4v) is 1.14. The predicted molar refractivity (Wildman–Crippen MR) is 62.9 cm³/mol. The smallest absolute Gasteiger partial charge is 0.118 e. The van der Waals surface area contributed by atoms with Gasteiger partial charge < -0.3 is 9.47 Å². The molecule has 82 valence electrons. The third-order valence-corrected chi connectivity index (χ3v) is 2.09. The molecule has 0 spiro atoms. The van der Waals surface area contributed by atoms with Gasteiger partial charge in [-0.25, -0.2) is 0 Å². The van der Waals surface area contributed by atoms with Gasteiger partial charge in [-0.2, -0.15) is 0 Å². The van der Waals surface area contributed by atoms with Crippen LogP contribution in [0.4, 0.5) is 0 Å². The summed E-state index contributed by atoms with van der Waals surface area (Å²) in [6.07, 6.45) is 5.97. The van der Waals surface area contributed by atoms with Crippen LogP contribution in [-0.2, 0) is 4.74 Å². The molecule has 0 aromatic heterocycles. The lowest BCUT2D eigenvalue weighted by Gasteiger charge is -2.00. The number of unbranched alkanes of at least 4 members (excludes halogenated alkanes) is 1. The fourth-order valence-electron chi connectivity index (χ4n) is 1.14. The van der Waals surface area contributed by atoms with Crippen LogP contribution in [0.1, 0.15) is 25.3 Å². The van der Waals surface area contributed by atoms with Crippen LogP contribution in [0.25, 0.3) is 6.08 Å². The van der Waals surface area contributed by atoms with Gasteiger partial charge in [0.2, 0.25) is 0 Å². The van der Waals surface area contributed by atoms with Gasteiger partial charge in [-0.3, -0.25) is 0 Å². The van der Waals surface area contributed by atoms with E-state index >= 15 is 0 Å². The van der Waals surface area contributed by atoms with Crippen LogP contribution < -0.4 is 4.74 Å². The Kier molecular flexibility index (Phi) is 5.38. The van der Waals surface area contributed by atoms with Gasteiger partial charge in [0.15, 0.2) is 0 Å². The van der Waals surface area contributed by atoms with Gasteiger partial charge in [0.05, 0.1) is 20.0 Å². The van der Waals surface area contributed by atoms with Crippen molar-refractivity contribution in [2.24, 2.45) is 0 Å². The zero-order chi connectivity index (χ0) is 10.9. The first-order valence-electron chi connectivity index (χ1n) is 5.29. The summed E-state index contributed by atoms with van der Waals surface area (Å²) in [4.78, 5) is 0. The highest BCUT2D eigenvalue weighted by molar-refractivity contribution is 5.49. The third kappa shape index (κ3) is 4.54. The van der Waals surface area contributed by atoms with E-state index in [-0.39, 0.29) is 0 Å². The Morgan fingerprint density at radius 1 is 1.20 bits per heavy atom. The zero-order valence-corrected chi connectivity index (χ0v) is 9.40. The van der Waals surface area contributed by atoms with E-state index in [0.29, 0.717) is 0 Å². The highest BCUT2D eigenvalue weighted by atomic mass is 16.5. The first-order chi connectivity index (χ1) is 7.36. The monoisotopic (exact) mass is 206 g/mol. The molecule has 15 heavy (non-hydrogen) atoms. The van der Waals surface area contributed by atoms with Crippen LogP contribution in [0.3, 0.4) is 0 Å². The van der Waals surface area contributed by atoms with E-state index in [1.807, 2.05) is 30.3 Å². The quantitative estimate of drug-likeness (QED) is 0.524. The second kappa shape index (κ2) is 6.93. The molecule has 0 amide bonds. The molecule has 0 fully saturated rings. The van der Waals surface area contributed by atoms with Gasteiger partial charge in [0.25, 0.3) is 0 Å². The molecular formula is C13H18O2. The van der Waals surface area contributed by atoms with E-state index in [1.54, 1.807) is 13.4 Å². The Bertz CT molecular complexity index is 288. The summed E-state index contributed by atoms with van der Waals surface area (Å²) in [6, 6.07) is 7.87. The Labute approximate surface area is 91.5 Å². The van der Waals surface area contributed by atoms with E-state index in [1.165, 1.54) is 0 Å². The molecule has 0 N–H and O–H groups in total. The summed E-state index contributed by atoms with van der Waals surface area (Å²) in [5.41, 5.74) is 1.12. The van der Waals surface area contributed by atoms with Crippen molar-refractivity contribution in [3.63, 3.8) is 0 Å². The molecule has 0 heterocycles. The minimum atomic E-state index is 0.795. The molecule has 0 bridgehead atoms. The van der Waals surface area contributed by atoms with Crippen LogP contribution >= 0.6 is 0 Å².